The van der Waals surface area contributed by atoms with E-state index in [4.69, 9.17) is 0 Å². The van der Waals surface area contributed by atoms with E-state index >= 15 is 0 Å². The number of allylic oxidation sites excluding steroid dienone is 2. The highest BCUT2D eigenvalue weighted by molar-refractivity contribution is 7.89. The molecule has 1 atom stereocenters. The van der Waals surface area contributed by atoms with Gasteiger partial charge in [-0.25, -0.2) is 0 Å². The number of aryl methyl sites for hydroxylation is 1. The van der Waals surface area contributed by atoms with Gasteiger partial charge < -0.3 is 0 Å². The summed E-state index contributed by atoms with van der Waals surface area (Å²) in [5.41, 5.74) is 4.86. The van der Waals surface area contributed by atoms with Crippen LogP contribution in [-0.4, -0.2) is 14.1 Å². The highest BCUT2D eigenvalue weighted by Crippen LogP contribution is 2.34. The standard InChI is InChI=1S/C23H34N2O2S/c1-18-12-14-21(15-13-18)28(26,27)25-24-23-17-19(2)16-20-10-8-6-4-3-5-7-9-11-22(20)23/h12-15,19,25H,3-11,16-17H2,1-2H3/b24-23-/t19-/m0/s1. The van der Waals surface area contributed by atoms with Crippen LogP contribution in [0.1, 0.15) is 83.1 Å². The molecule has 154 valence electrons. The molecule has 2 aliphatic carbocycles. The molecule has 0 heterocycles. The molecule has 0 saturated heterocycles. The number of hydrogen-bond donors (Lipinski definition) is 1. The summed E-state index contributed by atoms with van der Waals surface area (Å²) in [7, 11) is -3.63. The molecule has 1 N–H and O–H groups in total. The van der Waals surface area contributed by atoms with Gasteiger partial charge in [0.2, 0.25) is 0 Å². The zero-order chi connectivity index (χ0) is 20.0. The first-order valence-electron chi connectivity index (χ1n) is 10.8. The topological polar surface area (TPSA) is 58.5 Å². The van der Waals surface area contributed by atoms with E-state index in [0.29, 0.717) is 5.92 Å². The normalized spacial score (nSPS) is 23.8. The van der Waals surface area contributed by atoms with Crippen molar-refractivity contribution in [2.24, 2.45) is 11.0 Å². The molecule has 0 radical (unpaired) electrons. The second-order valence-electron chi connectivity index (χ2n) is 8.54. The Morgan fingerprint density at radius 3 is 2.18 bits per heavy atom. The van der Waals surface area contributed by atoms with Crippen molar-refractivity contribution < 1.29 is 8.42 Å². The Hall–Kier alpha value is -1.62. The molecule has 0 unspecified atom stereocenters. The maximum Gasteiger partial charge on any atom is 0.276 e. The van der Waals surface area contributed by atoms with Crippen LogP contribution in [0, 0.1) is 12.8 Å². The Balaban J connectivity index is 1.83. The van der Waals surface area contributed by atoms with Gasteiger partial charge in [-0.3, -0.25) is 0 Å². The lowest BCUT2D eigenvalue weighted by atomic mass is 9.80. The Morgan fingerprint density at radius 2 is 1.50 bits per heavy atom. The minimum absolute atomic E-state index is 0.267. The predicted molar refractivity (Wildman–Crippen MR) is 116 cm³/mol. The van der Waals surface area contributed by atoms with E-state index in [2.05, 4.69) is 16.9 Å². The van der Waals surface area contributed by atoms with Gasteiger partial charge in [0.25, 0.3) is 10.0 Å². The molecule has 3 rings (SSSR count). The van der Waals surface area contributed by atoms with Gasteiger partial charge in [0.15, 0.2) is 0 Å². The number of rotatable bonds is 3. The van der Waals surface area contributed by atoms with E-state index in [9.17, 15) is 8.42 Å². The molecule has 1 aromatic rings. The maximum absolute atomic E-state index is 12.7. The predicted octanol–water partition coefficient (Wildman–Crippen LogP) is 5.88. The maximum atomic E-state index is 12.7. The van der Waals surface area contributed by atoms with Gasteiger partial charge in [0, 0.05) is 0 Å². The van der Waals surface area contributed by atoms with Crippen LogP contribution in [0.3, 0.4) is 0 Å². The second kappa shape index (κ2) is 9.73. The van der Waals surface area contributed by atoms with Crippen molar-refractivity contribution in [2.75, 3.05) is 0 Å². The summed E-state index contributed by atoms with van der Waals surface area (Å²) in [5, 5.41) is 4.46. The summed E-state index contributed by atoms with van der Waals surface area (Å²) in [4.78, 5) is 2.79. The van der Waals surface area contributed by atoms with Crippen LogP contribution in [-0.2, 0) is 10.0 Å². The van der Waals surface area contributed by atoms with Crippen LogP contribution in [0.5, 0.6) is 0 Å². The number of nitrogens with zero attached hydrogens (tertiary/aromatic N) is 1. The van der Waals surface area contributed by atoms with Crippen molar-refractivity contribution >= 4 is 15.7 Å². The van der Waals surface area contributed by atoms with E-state index in [0.717, 1.165) is 37.0 Å². The average Bonchev–Trinajstić information content (AvgIpc) is 2.71. The SMILES string of the molecule is Cc1ccc(S(=O)(=O)N/N=C2/C[C@@H](C)CC3=C2CCCCCCCCC3)cc1. The van der Waals surface area contributed by atoms with Crippen molar-refractivity contribution in [2.45, 2.75) is 89.4 Å². The molecule has 0 amide bonds. The molecule has 0 aliphatic heterocycles. The highest BCUT2D eigenvalue weighted by Gasteiger charge is 2.24. The summed E-state index contributed by atoms with van der Waals surface area (Å²) < 4.78 is 25.3. The lowest BCUT2D eigenvalue weighted by molar-refractivity contribution is 0.550. The first-order valence-corrected chi connectivity index (χ1v) is 12.3. The molecule has 2 aliphatic rings. The Morgan fingerprint density at radius 1 is 0.893 bits per heavy atom. The van der Waals surface area contributed by atoms with Gasteiger partial charge in [0.05, 0.1) is 10.6 Å². The number of hydrazone groups is 1. The fraction of sp³-hybridized carbons (Fsp3) is 0.609. The minimum Gasteiger partial charge on any atom is -0.200 e. The summed E-state index contributed by atoms with van der Waals surface area (Å²) in [6, 6.07) is 6.91. The van der Waals surface area contributed by atoms with E-state index in [1.165, 1.54) is 56.1 Å². The number of hydrogen-bond acceptors (Lipinski definition) is 3. The Kier molecular flexibility index (Phi) is 7.33. The van der Waals surface area contributed by atoms with E-state index in [-0.39, 0.29) is 4.90 Å². The van der Waals surface area contributed by atoms with E-state index in [1.807, 2.05) is 19.1 Å². The molecular formula is C23H34N2O2S. The Bertz CT molecular complexity index is 823. The number of benzene rings is 1. The molecule has 5 heteroatoms. The molecule has 0 saturated carbocycles. The second-order valence-corrected chi connectivity index (χ2v) is 10.2. The van der Waals surface area contributed by atoms with Gasteiger partial charge in [-0.1, -0.05) is 62.3 Å². The number of sulfonamides is 1. The highest BCUT2D eigenvalue weighted by atomic mass is 32.2. The van der Waals surface area contributed by atoms with Crippen LogP contribution < -0.4 is 4.83 Å². The molecule has 28 heavy (non-hydrogen) atoms. The summed E-state index contributed by atoms with van der Waals surface area (Å²) >= 11 is 0. The van der Waals surface area contributed by atoms with Crippen LogP contribution in [0.4, 0.5) is 0 Å². The lowest BCUT2D eigenvalue weighted by Crippen LogP contribution is -2.25. The van der Waals surface area contributed by atoms with Gasteiger partial charge in [-0.2, -0.15) is 18.4 Å². The monoisotopic (exact) mass is 402 g/mol. The third kappa shape index (κ3) is 5.69. The lowest BCUT2D eigenvalue weighted by Gasteiger charge is -2.27. The van der Waals surface area contributed by atoms with Crippen molar-refractivity contribution in [3.8, 4) is 0 Å². The van der Waals surface area contributed by atoms with Crippen molar-refractivity contribution in [1.82, 2.24) is 4.83 Å². The van der Waals surface area contributed by atoms with Crippen LogP contribution in [0.15, 0.2) is 45.4 Å². The van der Waals surface area contributed by atoms with Gasteiger partial charge >= 0.3 is 0 Å². The summed E-state index contributed by atoms with van der Waals surface area (Å²) in [6.45, 7) is 4.20. The molecule has 4 nitrogen and oxygen atoms in total. The first-order chi connectivity index (χ1) is 13.5. The smallest absolute Gasteiger partial charge is 0.200 e. The Labute approximate surface area is 170 Å². The molecule has 0 bridgehead atoms. The van der Waals surface area contributed by atoms with Crippen molar-refractivity contribution in [3.63, 3.8) is 0 Å². The van der Waals surface area contributed by atoms with E-state index in [1.54, 1.807) is 12.1 Å². The average molecular weight is 403 g/mol. The van der Waals surface area contributed by atoms with E-state index < -0.39 is 10.0 Å². The van der Waals surface area contributed by atoms with Gasteiger partial charge in [-0.15, -0.1) is 0 Å². The fourth-order valence-corrected chi connectivity index (χ4v) is 5.20. The molecule has 0 fully saturated rings. The van der Waals surface area contributed by atoms with Gasteiger partial charge in [-0.05, 0) is 69.1 Å². The van der Waals surface area contributed by atoms with Gasteiger partial charge in [0.1, 0.15) is 0 Å². The zero-order valence-corrected chi connectivity index (χ0v) is 18.2. The summed E-state index contributed by atoms with van der Waals surface area (Å²) in [6.07, 6.45) is 13.2. The number of nitrogens with one attached hydrogen (secondary N) is 1. The van der Waals surface area contributed by atoms with Crippen LogP contribution >= 0.6 is 0 Å². The molecule has 0 spiro atoms. The third-order valence-electron chi connectivity index (χ3n) is 5.95. The molecular weight excluding hydrogens is 368 g/mol. The third-order valence-corrected chi connectivity index (χ3v) is 7.17. The fourth-order valence-electron chi connectivity index (χ4n) is 4.37. The zero-order valence-electron chi connectivity index (χ0n) is 17.3. The van der Waals surface area contributed by atoms with Crippen molar-refractivity contribution in [1.29, 1.82) is 0 Å². The van der Waals surface area contributed by atoms with Crippen molar-refractivity contribution in [3.05, 3.63) is 41.0 Å². The first kappa shape index (κ1) is 21.1. The molecule has 0 aromatic heterocycles. The molecule has 1 aromatic carbocycles. The van der Waals surface area contributed by atoms with Crippen LogP contribution in [0.25, 0.3) is 0 Å². The van der Waals surface area contributed by atoms with Crippen LogP contribution in [0.2, 0.25) is 0 Å². The largest absolute Gasteiger partial charge is 0.276 e. The minimum atomic E-state index is -3.63. The quantitative estimate of drug-likeness (QED) is 0.642. The summed E-state index contributed by atoms with van der Waals surface area (Å²) in [5.74, 6) is 0.520.